The summed E-state index contributed by atoms with van der Waals surface area (Å²) in [5.41, 5.74) is 0.121. The van der Waals surface area contributed by atoms with Crippen LogP contribution in [0.25, 0.3) is 0 Å². The van der Waals surface area contributed by atoms with Crippen LogP contribution in [0, 0.1) is 0 Å². The molecule has 0 bridgehead atoms. The van der Waals surface area contributed by atoms with Crippen LogP contribution in [0.2, 0.25) is 0 Å². The molecule has 0 aliphatic carbocycles. The van der Waals surface area contributed by atoms with Crippen LogP contribution in [-0.4, -0.2) is 67.1 Å². The number of rotatable bonds is 2. The number of carbonyl (C=O) groups excluding carboxylic acids is 2. The first-order valence-corrected chi connectivity index (χ1v) is 8.36. The molecule has 2 fully saturated rings. The average molecular weight is 332 g/mol. The van der Waals surface area contributed by atoms with E-state index in [4.69, 9.17) is 9.47 Å². The number of piperidine rings is 1. The molecular formula is C18H24N2O4. The van der Waals surface area contributed by atoms with E-state index < -0.39 is 5.60 Å². The first kappa shape index (κ1) is 16.8. The molecule has 2 saturated heterocycles. The molecule has 1 aromatic carbocycles. The summed E-state index contributed by atoms with van der Waals surface area (Å²) in [6.07, 6.45) is 1.77. The quantitative estimate of drug-likeness (QED) is 0.824. The van der Waals surface area contributed by atoms with Crippen molar-refractivity contribution in [3.05, 3.63) is 29.8 Å². The van der Waals surface area contributed by atoms with Crippen molar-refractivity contribution in [2.24, 2.45) is 0 Å². The Morgan fingerprint density at radius 3 is 2.67 bits per heavy atom. The molecule has 130 valence electrons. The molecule has 0 radical (unpaired) electrons. The third-order valence-electron chi connectivity index (χ3n) is 4.86. The molecule has 2 heterocycles. The van der Waals surface area contributed by atoms with Gasteiger partial charge in [0, 0.05) is 20.0 Å². The van der Waals surface area contributed by atoms with Crippen LogP contribution >= 0.6 is 0 Å². The van der Waals surface area contributed by atoms with Crippen LogP contribution in [0.1, 0.15) is 30.1 Å². The minimum absolute atomic E-state index is 0.0462. The first-order chi connectivity index (χ1) is 11.5. The van der Waals surface area contributed by atoms with Gasteiger partial charge >= 0.3 is 0 Å². The molecule has 6 heteroatoms. The monoisotopic (exact) mass is 332 g/mol. The molecule has 2 aliphatic heterocycles. The van der Waals surface area contributed by atoms with Crippen LogP contribution in [0.15, 0.2) is 24.3 Å². The van der Waals surface area contributed by atoms with Gasteiger partial charge in [0.15, 0.2) is 0 Å². The van der Waals surface area contributed by atoms with Gasteiger partial charge in [-0.1, -0.05) is 12.1 Å². The predicted octanol–water partition coefficient (Wildman–Crippen LogP) is 1.55. The zero-order chi connectivity index (χ0) is 17.2. The van der Waals surface area contributed by atoms with Crippen molar-refractivity contribution in [3.8, 4) is 5.75 Å². The number of carbonyl (C=O) groups is 2. The molecular weight excluding hydrogens is 308 g/mol. The van der Waals surface area contributed by atoms with Gasteiger partial charge in [0.1, 0.15) is 11.4 Å². The minimum Gasteiger partial charge on any atom is -0.496 e. The highest BCUT2D eigenvalue weighted by Gasteiger charge is 2.42. The Labute approximate surface area is 142 Å². The summed E-state index contributed by atoms with van der Waals surface area (Å²) in [5.74, 6) is 0.595. The van der Waals surface area contributed by atoms with Gasteiger partial charge in [-0.05, 0) is 25.0 Å². The van der Waals surface area contributed by atoms with Crippen molar-refractivity contribution >= 4 is 11.8 Å². The van der Waals surface area contributed by atoms with Crippen LogP contribution in [0.3, 0.4) is 0 Å². The van der Waals surface area contributed by atoms with E-state index in [2.05, 4.69) is 0 Å². The molecule has 1 aromatic rings. The molecule has 1 spiro atoms. The number of morpholine rings is 1. The summed E-state index contributed by atoms with van der Waals surface area (Å²) in [4.78, 5) is 28.3. The number of methoxy groups -OCH3 is 1. The Bertz CT molecular complexity index is 629. The number of para-hydroxylation sites is 1. The highest BCUT2D eigenvalue weighted by Crippen LogP contribution is 2.30. The Kier molecular flexibility index (Phi) is 4.76. The maximum Gasteiger partial charge on any atom is 0.257 e. The lowest BCUT2D eigenvalue weighted by atomic mass is 9.90. The van der Waals surface area contributed by atoms with Crippen molar-refractivity contribution in [1.29, 1.82) is 0 Å². The van der Waals surface area contributed by atoms with E-state index in [1.165, 1.54) is 0 Å². The molecule has 6 nitrogen and oxygen atoms in total. The number of hydrogen-bond acceptors (Lipinski definition) is 4. The largest absolute Gasteiger partial charge is 0.496 e. The van der Waals surface area contributed by atoms with Crippen LogP contribution in [0.4, 0.5) is 0 Å². The number of benzene rings is 1. The maximum atomic E-state index is 12.9. The van der Waals surface area contributed by atoms with E-state index in [-0.39, 0.29) is 11.8 Å². The number of amides is 2. The number of hydrogen-bond donors (Lipinski definition) is 0. The van der Waals surface area contributed by atoms with Gasteiger partial charge in [-0.15, -0.1) is 0 Å². The molecule has 24 heavy (non-hydrogen) atoms. The first-order valence-electron chi connectivity index (χ1n) is 8.36. The summed E-state index contributed by atoms with van der Waals surface area (Å²) in [6.45, 7) is 4.46. The lowest BCUT2D eigenvalue weighted by Crippen LogP contribution is -2.61. The van der Waals surface area contributed by atoms with Crippen molar-refractivity contribution in [2.45, 2.75) is 25.4 Å². The minimum atomic E-state index is -0.445. The molecule has 2 amide bonds. The molecule has 1 unspecified atom stereocenters. The fraction of sp³-hybridized carbons (Fsp3) is 0.556. The van der Waals surface area contributed by atoms with Crippen LogP contribution < -0.4 is 4.74 Å². The van der Waals surface area contributed by atoms with E-state index in [9.17, 15) is 9.59 Å². The van der Waals surface area contributed by atoms with Crippen molar-refractivity contribution in [3.63, 3.8) is 0 Å². The van der Waals surface area contributed by atoms with Crippen LogP contribution in [-0.2, 0) is 9.53 Å². The van der Waals surface area contributed by atoms with E-state index in [0.29, 0.717) is 37.6 Å². The van der Waals surface area contributed by atoms with Crippen molar-refractivity contribution < 1.29 is 19.1 Å². The average Bonchev–Trinajstić information content (AvgIpc) is 2.61. The zero-order valence-corrected chi connectivity index (χ0v) is 14.3. The second kappa shape index (κ2) is 6.81. The molecule has 0 N–H and O–H groups in total. The Hall–Kier alpha value is -2.08. The Morgan fingerprint density at radius 1 is 1.17 bits per heavy atom. The summed E-state index contributed by atoms with van der Waals surface area (Å²) in [5, 5.41) is 0. The van der Waals surface area contributed by atoms with E-state index >= 15 is 0 Å². The zero-order valence-electron chi connectivity index (χ0n) is 14.3. The summed E-state index contributed by atoms with van der Waals surface area (Å²) < 4.78 is 11.4. The summed E-state index contributed by atoms with van der Waals surface area (Å²) in [6, 6.07) is 7.26. The molecule has 0 saturated carbocycles. The number of nitrogens with zero attached hydrogens (tertiary/aromatic N) is 2. The Morgan fingerprint density at radius 2 is 1.92 bits per heavy atom. The van der Waals surface area contributed by atoms with E-state index in [1.807, 2.05) is 21.9 Å². The normalized spacial score (nSPS) is 24.1. The smallest absolute Gasteiger partial charge is 0.257 e. The van der Waals surface area contributed by atoms with Crippen molar-refractivity contribution in [1.82, 2.24) is 9.80 Å². The van der Waals surface area contributed by atoms with Gasteiger partial charge in [0.2, 0.25) is 5.91 Å². The molecule has 2 aliphatic rings. The fourth-order valence-corrected chi connectivity index (χ4v) is 3.62. The highest BCUT2D eigenvalue weighted by atomic mass is 16.5. The van der Waals surface area contributed by atoms with Gasteiger partial charge in [-0.3, -0.25) is 9.59 Å². The topological polar surface area (TPSA) is 59.1 Å². The highest BCUT2D eigenvalue weighted by molar-refractivity contribution is 5.97. The number of likely N-dealkylation sites (tertiary alicyclic amines) is 1. The van der Waals surface area contributed by atoms with Gasteiger partial charge in [-0.2, -0.15) is 0 Å². The summed E-state index contributed by atoms with van der Waals surface area (Å²) in [7, 11) is 1.57. The van der Waals surface area contributed by atoms with Crippen molar-refractivity contribution in [2.75, 3.05) is 39.9 Å². The standard InChI is InChI=1S/C18H24N2O4/c1-14(21)19-9-5-8-18(12-19)13-20(10-11-24-18)17(22)15-6-3-4-7-16(15)23-2/h3-4,6-7H,5,8-13H2,1-2H3. The lowest BCUT2D eigenvalue weighted by Gasteiger charge is -2.47. The molecule has 0 aromatic heterocycles. The predicted molar refractivity (Wildman–Crippen MR) is 89.1 cm³/mol. The number of ether oxygens (including phenoxy) is 2. The van der Waals surface area contributed by atoms with Gasteiger partial charge in [0.05, 0.1) is 32.4 Å². The molecule has 1 atom stereocenters. The third-order valence-corrected chi connectivity index (χ3v) is 4.86. The third kappa shape index (κ3) is 3.24. The van der Waals surface area contributed by atoms with E-state index in [0.717, 1.165) is 19.4 Å². The summed E-state index contributed by atoms with van der Waals surface area (Å²) >= 11 is 0. The SMILES string of the molecule is COc1ccccc1C(=O)N1CCOC2(CCCN(C(C)=O)C2)C1. The van der Waals surface area contributed by atoms with Crippen LogP contribution in [0.5, 0.6) is 5.75 Å². The lowest BCUT2D eigenvalue weighted by molar-refractivity contribution is -0.151. The van der Waals surface area contributed by atoms with E-state index in [1.54, 1.807) is 26.2 Å². The molecule has 3 rings (SSSR count). The second-order valence-corrected chi connectivity index (χ2v) is 6.50. The fourth-order valence-electron chi connectivity index (χ4n) is 3.62. The van der Waals surface area contributed by atoms with Gasteiger partial charge in [0.25, 0.3) is 5.91 Å². The van der Waals surface area contributed by atoms with Gasteiger partial charge in [-0.25, -0.2) is 0 Å². The second-order valence-electron chi connectivity index (χ2n) is 6.50. The maximum absolute atomic E-state index is 12.9. The Balaban J connectivity index is 1.78. The van der Waals surface area contributed by atoms with Gasteiger partial charge < -0.3 is 19.3 Å².